The lowest BCUT2D eigenvalue weighted by atomic mass is 9.81. The maximum Gasteiger partial charge on any atom is 0.123 e. The van der Waals surface area contributed by atoms with Gasteiger partial charge in [0.2, 0.25) is 0 Å². The molecule has 1 N–H and O–H groups in total. The van der Waals surface area contributed by atoms with Crippen LogP contribution in [-0.4, -0.2) is 42.6 Å². The van der Waals surface area contributed by atoms with E-state index in [1.165, 1.54) is 28.7 Å². The van der Waals surface area contributed by atoms with E-state index < -0.39 is 5.60 Å². The maximum atomic E-state index is 13.7. The van der Waals surface area contributed by atoms with Gasteiger partial charge in [-0.15, -0.1) is 0 Å². The summed E-state index contributed by atoms with van der Waals surface area (Å²) >= 11 is 0. The highest BCUT2D eigenvalue weighted by molar-refractivity contribution is 5.92. The van der Waals surface area contributed by atoms with Gasteiger partial charge in [-0.3, -0.25) is 4.90 Å². The van der Waals surface area contributed by atoms with Crippen LogP contribution >= 0.6 is 0 Å². The van der Waals surface area contributed by atoms with Crippen LogP contribution in [0.25, 0.3) is 10.9 Å². The molecule has 0 amide bonds. The van der Waals surface area contributed by atoms with Crippen LogP contribution in [0.15, 0.2) is 72.9 Å². The molecule has 0 aliphatic carbocycles. The number of nitrogens with one attached hydrogen (secondary N) is 1. The Morgan fingerprint density at radius 3 is 2.61 bits per heavy atom. The smallest absolute Gasteiger partial charge is 0.123 e. The number of aromatic nitrogens is 1. The van der Waals surface area contributed by atoms with Gasteiger partial charge in [0.1, 0.15) is 11.4 Å². The molecule has 0 bridgehead atoms. The van der Waals surface area contributed by atoms with Gasteiger partial charge in [0, 0.05) is 43.3 Å². The highest BCUT2D eigenvalue weighted by Crippen LogP contribution is 2.45. The van der Waals surface area contributed by atoms with Gasteiger partial charge in [0.15, 0.2) is 0 Å². The van der Waals surface area contributed by atoms with Crippen molar-refractivity contribution in [2.24, 2.45) is 0 Å². The fourth-order valence-electron chi connectivity index (χ4n) is 5.85. The number of piperazine rings is 1. The van der Waals surface area contributed by atoms with Gasteiger partial charge >= 0.3 is 0 Å². The average Bonchev–Trinajstić information content (AvgIpc) is 3.52. The summed E-state index contributed by atoms with van der Waals surface area (Å²) in [4.78, 5) is 8.39. The molecule has 1 saturated heterocycles. The van der Waals surface area contributed by atoms with E-state index in [0.717, 1.165) is 62.3 Å². The molecule has 5 nitrogen and oxygen atoms in total. The predicted octanol–water partition coefficient (Wildman–Crippen LogP) is 5.55. The van der Waals surface area contributed by atoms with Crippen LogP contribution < -0.4 is 4.90 Å². The Hall–Kier alpha value is -3.66. The van der Waals surface area contributed by atoms with E-state index in [9.17, 15) is 9.65 Å². The van der Waals surface area contributed by atoms with E-state index in [2.05, 4.69) is 51.3 Å². The first-order chi connectivity index (χ1) is 17.7. The fraction of sp³-hybridized carbons (Fsp3) is 0.300. The van der Waals surface area contributed by atoms with Crippen molar-refractivity contribution in [2.45, 2.75) is 25.0 Å². The predicted molar refractivity (Wildman–Crippen MR) is 139 cm³/mol. The summed E-state index contributed by atoms with van der Waals surface area (Å²) in [5, 5.41) is 10.6. The number of nitrogens with zero attached hydrogens (tertiary/aromatic N) is 3. The van der Waals surface area contributed by atoms with E-state index in [1.807, 2.05) is 30.3 Å². The quantitative estimate of drug-likeness (QED) is 0.393. The normalized spacial score (nSPS) is 19.9. The maximum absolute atomic E-state index is 13.7. The number of fused-ring (bicyclic) bond motifs is 2. The zero-order chi connectivity index (χ0) is 24.5. The first-order valence-electron chi connectivity index (χ1n) is 12.6. The molecule has 1 fully saturated rings. The summed E-state index contributed by atoms with van der Waals surface area (Å²) in [5.41, 5.74) is 5.61. The van der Waals surface area contributed by atoms with E-state index in [-0.39, 0.29) is 5.82 Å². The zero-order valence-electron chi connectivity index (χ0n) is 20.2. The minimum Gasteiger partial charge on any atom is -0.367 e. The zero-order valence-corrected chi connectivity index (χ0v) is 20.2. The fourth-order valence-corrected chi connectivity index (χ4v) is 5.85. The van der Waals surface area contributed by atoms with Crippen molar-refractivity contribution in [3.8, 4) is 6.07 Å². The molecule has 6 heteroatoms. The lowest BCUT2D eigenvalue weighted by molar-refractivity contribution is -0.0146. The van der Waals surface area contributed by atoms with Gasteiger partial charge in [0.25, 0.3) is 0 Å². The van der Waals surface area contributed by atoms with Crippen LogP contribution in [0.2, 0.25) is 0 Å². The second-order valence-corrected chi connectivity index (χ2v) is 9.76. The summed E-state index contributed by atoms with van der Waals surface area (Å²) in [6, 6.07) is 23.2. The number of nitriles is 1. The molecule has 0 radical (unpaired) electrons. The molecule has 2 aliphatic rings. The molecule has 3 heterocycles. The van der Waals surface area contributed by atoms with Crippen LogP contribution in [-0.2, 0) is 16.9 Å². The van der Waals surface area contributed by atoms with E-state index in [1.54, 1.807) is 0 Å². The molecule has 6 rings (SSSR count). The number of hydrogen-bond acceptors (Lipinski definition) is 4. The van der Waals surface area contributed by atoms with E-state index >= 15 is 0 Å². The Kier molecular flexibility index (Phi) is 5.96. The third-order valence-electron chi connectivity index (χ3n) is 7.74. The third kappa shape index (κ3) is 4.05. The Labute approximate surface area is 210 Å². The molecular weight excluding hydrogens is 451 g/mol. The number of ether oxygens (including phenoxy) is 1. The number of hydrogen-bond donors (Lipinski definition) is 1. The lowest BCUT2D eigenvalue weighted by Gasteiger charge is -2.37. The molecule has 1 atom stereocenters. The van der Waals surface area contributed by atoms with Gasteiger partial charge in [-0.05, 0) is 66.4 Å². The topological polar surface area (TPSA) is 55.3 Å². The molecule has 182 valence electrons. The molecule has 0 spiro atoms. The Morgan fingerprint density at radius 1 is 1.00 bits per heavy atom. The van der Waals surface area contributed by atoms with Crippen molar-refractivity contribution in [2.75, 3.05) is 37.6 Å². The largest absolute Gasteiger partial charge is 0.367 e. The second-order valence-electron chi connectivity index (χ2n) is 9.76. The van der Waals surface area contributed by atoms with Crippen molar-refractivity contribution in [1.82, 2.24) is 9.88 Å². The van der Waals surface area contributed by atoms with Crippen LogP contribution in [0.5, 0.6) is 0 Å². The number of benzene rings is 3. The van der Waals surface area contributed by atoms with Crippen molar-refractivity contribution < 1.29 is 9.13 Å². The Morgan fingerprint density at radius 2 is 1.81 bits per heavy atom. The van der Waals surface area contributed by atoms with Crippen LogP contribution in [0.1, 0.15) is 35.1 Å². The van der Waals surface area contributed by atoms with Crippen molar-refractivity contribution in [3.63, 3.8) is 0 Å². The Balaban J connectivity index is 1.14. The standard InChI is InChI=1S/C30H29FN4O/c31-25-9-7-24(8-10-25)30(27-11-6-22(19-32)18-23(27)21-36-30)12-3-13-34-14-16-35(17-15-34)29-20-33-28-5-2-1-4-26(28)29/h1-2,4-11,18,20,33H,3,12-17,21H2. The van der Waals surface area contributed by atoms with E-state index in [0.29, 0.717) is 12.2 Å². The van der Waals surface area contributed by atoms with Crippen molar-refractivity contribution in [1.29, 1.82) is 5.26 Å². The summed E-state index contributed by atoms with van der Waals surface area (Å²) in [7, 11) is 0. The molecule has 2 aliphatic heterocycles. The molecular formula is C30H29FN4O. The summed E-state index contributed by atoms with van der Waals surface area (Å²) in [5.74, 6) is -0.250. The van der Waals surface area contributed by atoms with Gasteiger partial charge in [-0.25, -0.2) is 4.39 Å². The highest BCUT2D eigenvalue weighted by Gasteiger charge is 2.41. The van der Waals surface area contributed by atoms with E-state index in [4.69, 9.17) is 4.74 Å². The SMILES string of the molecule is N#Cc1ccc2c(c1)COC2(CCCN1CCN(c2c[nH]c3ccccc23)CC1)c1ccc(F)cc1. The minimum absolute atomic E-state index is 0.250. The summed E-state index contributed by atoms with van der Waals surface area (Å²) in [6.07, 6.45) is 3.89. The number of H-pyrrole nitrogens is 1. The molecule has 1 unspecified atom stereocenters. The molecule has 3 aromatic carbocycles. The number of halogens is 1. The van der Waals surface area contributed by atoms with Crippen LogP contribution in [0.4, 0.5) is 10.1 Å². The van der Waals surface area contributed by atoms with Crippen molar-refractivity contribution >= 4 is 16.6 Å². The molecule has 4 aromatic rings. The minimum atomic E-state index is -0.608. The van der Waals surface area contributed by atoms with Crippen LogP contribution in [0, 0.1) is 17.1 Å². The van der Waals surface area contributed by atoms with Gasteiger partial charge < -0.3 is 14.6 Å². The van der Waals surface area contributed by atoms with Gasteiger partial charge in [-0.2, -0.15) is 5.26 Å². The third-order valence-corrected chi connectivity index (χ3v) is 7.74. The molecule has 0 saturated carbocycles. The van der Waals surface area contributed by atoms with Gasteiger partial charge in [-0.1, -0.05) is 36.4 Å². The second kappa shape index (κ2) is 9.42. The first kappa shape index (κ1) is 22.8. The molecule has 1 aromatic heterocycles. The number of para-hydroxylation sites is 1. The average molecular weight is 481 g/mol. The van der Waals surface area contributed by atoms with Gasteiger partial charge in [0.05, 0.1) is 23.9 Å². The molecule has 36 heavy (non-hydrogen) atoms. The number of anilines is 1. The lowest BCUT2D eigenvalue weighted by Crippen LogP contribution is -2.46. The van der Waals surface area contributed by atoms with Crippen LogP contribution in [0.3, 0.4) is 0 Å². The highest BCUT2D eigenvalue weighted by atomic mass is 19.1. The number of aromatic amines is 1. The van der Waals surface area contributed by atoms with Crippen molar-refractivity contribution in [3.05, 3.63) is 101 Å². The summed E-state index contributed by atoms with van der Waals surface area (Å²) in [6.45, 7) is 5.49. The first-order valence-corrected chi connectivity index (χ1v) is 12.6. The monoisotopic (exact) mass is 480 g/mol. The summed E-state index contributed by atoms with van der Waals surface area (Å²) < 4.78 is 20.2. The Bertz CT molecular complexity index is 1420. The number of rotatable bonds is 6.